The Kier molecular flexibility index (Phi) is 6.68. The number of carbonyl (C=O) groups excluding carboxylic acids is 1. The number of carbonyl (C=O) groups is 1. The lowest BCUT2D eigenvalue weighted by atomic mass is 10.1. The fourth-order valence-corrected chi connectivity index (χ4v) is 3.15. The highest BCUT2D eigenvalue weighted by atomic mass is 19.1. The van der Waals surface area contributed by atoms with Crippen molar-refractivity contribution < 1.29 is 18.7 Å². The molecule has 2 aromatic carbocycles. The number of ether oxygens (including phenoxy) is 2. The van der Waals surface area contributed by atoms with Gasteiger partial charge in [0.1, 0.15) is 22.8 Å². The molecule has 1 aromatic heterocycles. The molecule has 2 unspecified atom stereocenters. The Bertz CT molecular complexity index is 988. The summed E-state index contributed by atoms with van der Waals surface area (Å²) in [4.78, 5) is 12.0. The van der Waals surface area contributed by atoms with Gasteiger partial charge in [0, 0.05) is 6.92 Å². The van der Waals surface area contributed by atoms with E-state index in [0.29, 0.717) is 18.1 Å². The fraction of sp³-hybridized carbons (Fsp3) is 0.273. The van der Waals surface area contributed by atoms with E-state index >= 15 is 0 Å². The zero-order chi connectivity index (χ0) is 21.7. The van der Waals surface area contributed by atoms with Gasteiger partial charge in [0.25, 0.3) is 5.91 Å². The van der Waals surface area contributed by atoms with E-state index in [1.54, 1.807) is 24.3 Å². The third kappa shape index (κ3) is 4.96. The van der Waals surface area contributed by atoms with Crippen molar-refractivity contribution in [2.45, 2.75) is 39.5 Å². The van der Waals surface area contributed by atoms with Gasteiger partial charge in [-0.15, -0.1) is 0 Å². The first kappa shape index (κ1) is 21.3. The van der Waals surface area contributed by atoms with Crippen molar-refractivity contribution in [3.8, 4) is 5.75 Å². The number of nitrogen functional groups attached to an aromatic ring is 1. The van der Waals surface area contributed by atoms with Crippen LogP contribution in [0.2, 0.25) is 0 Å². The van der Waals surface area contributed by atoms with Crippen LogP contribution in [0.5, 0.6) is 5.75 Å². The standard InChI is InChI=1S/C22H25FN4O3/c1-14(17-8-10-18(11-9-17)30-15(2)23)27-21(24)20(22(25)28)19(26-27)13-29-12-16-6-4-3-5-7-16/h3-11,14-15H,12-13,24H2,1-2H3,(H2,25,28). The lowest BCUT2D eigenvalue weighted by Crippen LogP contribution is -2.16. The van der Waals surface area contributed by atoms with Crippen LogP contribution in [0, 0.1) is 0 Å². The van der Waals surface area contributed by atoms with Crippen LogP contribution in [0.15, 0.2) is 54.6 Å². The highest BCUT2D eigenvalue weighted by Gasteiger charge is 2.23. The van der Waals surface area contributed by atoms with Gasteiger partial charge in [-0.2, -0.15) is 5.10 Å². The van der Waals surface area contributed by atoms with Crippen molar-refractivity contribution >= 4 is 11.7 Å². The van der Waals surface area contributed by atoms with Crippen LogP contribution in [-0.4, -0.2) is 22.0 Å². The van der Waals surface area contributed by atoms with E-state index < -0.39 is 12.3 Å². The number of nitrogens with zero attached hydrogens (tertiary/aromatic N) is 2. The lowest BCUT2D eigenvalue weighted by Gasteiger charge is -2.15. The number of nitrogens with two attached hydrogens (primary N) is 2. The summed E-state index contributed by atoms with van der Waals surface area (Å²) in [6.07, 6.45) is -1.40. The van der Waals surface area contributed by atoms with Crippen molar-refractivity contribution in [2.24, 2.45) is 5.73 Å². The Balaban J connectivity index is 1.79. The second-order valence-electron chi connectivity index (χ2n) is 6.90. The molecule has 0 aliphatic heterocycles. The molecule has 3 aromatic rings. The number of anilines is 1. The van der Waals surface area contributed by atoms with Crippen molar-refractivity contribution in [1.29, 1.82) is 0 Å². The molecule has 0 fully saturated rings. The van der Waals surface area contributed by atoms with Crippen molar-refractivity contribution in [1.82, 2.24) is 9.78 Å². The number of aromatic nitrogens is 2. The minimum absolute atomic E-state index is 0.0955. The number of primary amides is 1. The molecule has 0 aliphatic rings. The molecule has 0 saturated carbocycles. The first-order chi connectivity index (χ1) is 14.4. The highest BCUT2D eigenvalue weighted by molar-refractivity contribution is 5.98. The molecule has 4 N–H and O–H groups in total. The smallest absolute Gasteiger partial charge is 0.254 e. The maximum atomic E-state index is 13.0. The Morgan fingerprint density at radius 2 is 1.77 bits per heavy atom. The van der Waals surface area contributed by atoms with Gasteiger partial charge in [-0.1, -0.05) is 42.5 Å². The lowest BCUT2D eigenvalue weighted by molar-refractivity contribution is 0.0860. The third-order valence-corrected chi connectivity index (χ3v) is 4.64. The normalized spacial score (nSPS) is 13.0. The van der Waals surface area contributed by atoms with Gasteiger partial charge in [0.15, 0.2) is 0 Å². The average Bonchev–Trinajstić information content (AvgIpc) is 3.04. The maximum Gasteiger partial charge on any atom is 0.254 e. The molecule has 1 amide bonds. The van der Waals surface area contributed by atoms with Crippen LogP contribution in [0.3, 0.4) is 0 Å². The Morgan fingerprint density at radius 1 is 1.10 bits per heavy atom. The molecule has 0 aliphatic carbocycles. The number of benzene rings is 2. The maximum absolute atomic E-state index is 13.0. The molecule has 2 atom stereocenters. The SMILES string of the molecule is CC(F)Oc1ccc(C(C)n2nc(COCc3ccccc3)c(C(N)=O)c2N)cc1. The van der Waals surface area contributed by atoms with E-state index in [9.17, 15) is 9.18 Å². The molecule has 158 valence electrons. The Hall–Kier alpha value is -3.39. The van der Waals surface area contributed by atoms with E-state index in [4.69, 9.17) is 20.9 Å². The Morgan fingerprint density at radius 3 is 2.37 bits per heavy atom. The second kappa shape index (κ2) is 9.41. The predicted molar refractivity (Wildman–Crippen MR) is 112 cm³/mol. The van der Waals surface area contributed by atoms with Gasteiger partial charge in [-0.25, -0.2) is 9.07 Å². The molecule has 8 heteroatoms. The topological polar surface area (TPSA) is 105 Å². The summed E-state index contributed by atoms with van der Waals surface area (Å²) in [6, 6.07) is 16.3. The van der Waals surface area contributed by atoms with Gasteiger partial charge >= 0.3 is 0 Å². The van der Waals surface area contributed by atoms with Crippen LogP contribution in [0.4, 0.5) is 10.2 Å². The fourth-order valence-electron chi connectivity index (χ4n) is 3.15. The number of alkyl halides is 1. The quantitative estimate of drug-likeness (QED) is 0.559. The molecule has 0 saturated heterocycles. The molecule has 0 spiro atoms. The second-order valence-corrected chi connectivity index (χ2v) is 6.90. The van der Waals surface area contributed by atoms with Gasteiger partial charge in [-0.05, 0) is 30.2 Å². The first-order valence-electron chi connectivity index (χ1n) is 9.55. The summed E-state index contributed by atoms with van der Waals surface area (Å²) in [7, 11) is 0. The summed E-state index contributed by atoms with van der Waals surface area (Å²) >= 11 is 0. The van der Waals surface area contributed by atoms with Crippen LogP contribution < -0.4 is 16.2 Å². The number of amides is 1. The monoisotopic (exact) mass is 412 g/mol. The molecule has 7 nitrogen and oxygen atoms in total. The van der Waals surface area contributed by atoms with E-state index in [2.05, 4.69) is 5.10 Å². The van der Waals surface area contributed by atoms with Gasteiger partial charge in [0.2, 0.25) is 6.36 Å². The minimum atomic E-state index is -1.40. The van der Waals surface area contributed by atoms with Crippen molar-refractivity contribution in [3.63, 3.8) is 0 Å². The van der Waals surface area contributed by atoms with Crippen LogP contribution in [0.1, 0.15) is 47.1 Å². The zero-order valence-electron chi connectivity index (χ0n) is 16.9. The van der Waals surface area contributed by atoms with Gasteiger partial charge in [0.05, 0.1) is 19.3 Å². The van der Waals surface area contributed by atoms with Crippen LogP contribution >= 0.6 is 0 Å². The van der Waals surface area contributed by atoms with Crippen LogP contribution in [-0.2, 0) is 18.0 Å². The molecular formula is C22H25FN4O3. The van der Waals surface area contributed by atoms with Gasteiger partial charge in [-0.3, -0.25) is 4.79 Å². The zero-order valence-corrected chi connectivity index (χ0v) is 16.9. The molecule has 0 bridgehead atoms. The summed E-state index contributed by atoms with van der Waals surface area (Å²) in [5, 5.41) is 4.48. The largest absolute Gasteiger partial charge is 0.461 e. The summed E-state index contributed by atoms with van der Waals surface area (Å²) in [5.74, 6) is -0.0711. The summed E-state index contributed by atoms with van der Waals surface area (Å²) < 4.78 is 25.3. The molecule has 1 heterocycles. The average molecular weight is 412 g/mol. The first-order valence-corrected chi connectivity index (χ1v) is 9.55. The molecule has 3 rings (SSSR count). The van der Waals surface area contributed by atoms with E-state index in [1.807, 2.05) is 37.3 Å². The molecule has 30 heavy (non-hydrogen) atoms. The molecular weight excluding hydrogens is 387 g/mol. The van der Waals surface area contributed by atoms with Gasteiger partial charge < -0.3 is 20.9 Å². The third-order valence-electron chi connectivity index (χ3n) is 4.64. The number of halogens is 1. The van der Waals surface area contributed by atoms with E-state index in [-0.39, 0.29) is 24.0 Å². The van der Waals surface area contributed by atoms with Crippen molar-refractivity contribution in [2.75, 3.05) is 5.73 Å². The number of rotatable bonds is 9. The highest BCUT2D eigenvalue weighted by Crippen LogP contribution is 2.27. The van der Waals surface area contributed by atoms with Crippen LogP contribution in [0.25, 0.3) is 0 Å². The summed E-state index contributed by atoms with van der Waals surface area (Å²) in [6.45, 7) is 3.66. The summed E-state index contributed by atoms with van der Waals surface area (Å²) in [5.41, 5.74) is 14.1. The Labute approximate surface area is 174 Å². The number of hydrogen-bond acceptors (Lipinski definition) is 5. The number of hydrogen-bond donors (Lipinski definition) is 2. The predicted octanol–water partition coefficient (Wildman–Crippen LogP) is 3.58. The van der Waals surface area contributed by atoms with E-state index in [1.165, 1.54) is 11.6 Å². The minimum Gasteiger partial charge on any atom is -0.461 e. The molecule has 0 radical (unpaired) electrons. The van der Waals surface area contributed by atoms with Crippen molar-refractivity contribution in [3.05, 3.63) is 77.0 Å². The van der Waals surface area contributed by atoms with E-state index in [0.717, 1.165) is 11.1 Å².